The number of unbranched alkanes of at least 4 members (excludes halogenated alkanes) is 16. The third kappa shape index (κ3) is 24.0. The van der Waals surface area contributed by atoms with Gasteiger partial charge in [0.1, 0.15) is 0 Å². The first-order valence-electron chi connectivity index (χ1n) is 12.6. The monoisotopic (exact) mass is 434 g/mol. The summed E-state index contributed by atoms with van der Waals surface area (Å²) in [5, 5.41) is 0. The molecule has 0 saturated carbocycles. The Bertz CT molecular complexity index is 423. The Hall–Kier alpha value is -0.130. The van der Waals surface area contributed by atoms with Crippen LogP contribution in [0.1, 0.15) is 142 Å². The maximum atomic E-state index is 10.9. The Labute approximate surface area is 182 Å². The Morgan fingerprint density at radius 2 is 0.897 bits per heavy atom. The quantitative estimate of drug-likeness (QED) is 0.130. The second-order valence-corrected chi connectivity index (χ2v) is 9.90. The Morgan fingerprint density at radius 1 is 0.586 bits per heavy atom. The molecule has 0 amide bonds. The highest BCUT2D eigenvalue weighted by atomic mass is 32.3. The summed E-state index contributed by atoms with van der Waals surface area (Å²) in [5.74, 6) is 0.242. The fourth-order valence-corrected chi connectivity index (χ4v) is 4.34. The van der Waals surface area contributed by atoms with Crippen LogP contribution >= 0.6 is 0 Å². The summed E-state index contributed by atoms with van der Waals surface area (Å²) in [5.41, 5.74) is 0. The van der Waals surface area contributed by atoms with Crippen molar-refractivity contribution in [2.45, 2.75) is 142 Å². The molecule has 5 heteroatoms. The van der Waals surface area contributed by atoms with Crippen LogP contribution in [0.3, 0.4) is 0 Å². The molecule has 0 aliphatic heterocycles. The van der Waals surface area contributed by atoms with Gasteiger partial charge in [0.25, 0.3) is 0 Å². The fraction of sp³-hybridized carbons (Fsp3) is 1.00. The third-order valence-electron chi connectivity index (χ3n) is 5.88. The van der Waals surface area contributed by atoms with Crippen molar-refractivity contribution in [3.8, 4) is 0 Å². The van der Waals surface area contributed by atoms with Crippen LogP contribution in [0.2, 0.25) is 0 Å². The highest BCUT2D eigenvalue weighted by Gasteiger charge is 2.13. The normalized spacial score (nSPS) is 13.1. The zero-order valence-corrected chi connectivity index (χ0v) is 20.3. The van der Waals surface area contributed by atoms with Crippen molar-refractivity contribution in [1.82, 2.24) is 0 Å². The van der Waals surface area contributed by atoms with E-state index in [1.807, 2.05) is 0 Å². The van der Waals surface area contributed by atoms with E-state index in [0.717, 1.165) is 25.7 Å². The maximum Gasteiger partial charge on any atom is 0.397 e. The lowest BCUT2D eigenvalue weighted by molar-refractivity contribution is 0.204. The predicted molar refractivity (Wildman–Crippen MR) is 125 cm³/mol. The first kappa shape index (κ1) is 28.9. The minimum Gasteiger partial charge on any atom is -0.264 e. The van der Waals surface area contributed by atoms with E-state index in [4.69, 9.17) is 4.55 Å². The van der Waals surface area contributed by atoms with E-state index in [1.165, 1.54) is 103 Å². The average molecular weight is 435 g/mol. The zero-order valence-electron chi connectivity index (χ0n) is 19.5. The first-order valence-corrected chi connectivity index (χ1v) is 14.0. The van der Waals surface area contributed by atoms with E-state index in [-0.39, 0.29) is 12.5 Å². The van der Waals surface area contributed by atoms with Crippen molar-refractivity contribution < 1.29 is 17.2 Å². The van der Waals surface area contributed by atoms with Crippen molar-refractivity contribution in [2.75, 3.05) is 6.61 Å². The van der Waals surface area contributed by atoms with Crippen molar-refractivity contribution in [2.24, 2.45) is 5.92 Å². The van der Waals surface area contributed by atoms with Gasteiger partial charge in [-0.1, -0.05) is 129 Å². The highest BCUT2D eigenvalue weighted by Crippen LogP contribution is 2.20. The SMILES string of the molecule is CCCCCCCCCCCCCC(CCCCCCCCC)COS(=O)(=O)O. The largest absolute Gasteiger partial charge is 0.397 e. The summed E-state index contributed by atoms with van der Waals surface area (Å²) >= 11 is 0. The number of rotatable bonds is 23. The molecule has 0 heterocycles. The molecule has 29 heavy (non-hydrogen) atoms. The molecule has 176 valence electrons. The van der Waals surface area contributed by atoms with E-state index >= 15 is 0 Å². The number of hydrogen-bond acceptors (Lipinski definition) is 3. The minimum atomic E-state index is -4.32. The van der Waals surface area contributed by atoms with E-state index in [0.29, 0.717) is 0 Å². The van der Waals surface area contributed by atoms with E-state index in [9.17, 15) is 8.42 Å². The van der Waals surface area contributed by atoms with Gasteiger partial charge in [0.2, 0.25) is 0 Å². The van der Waals surface area contributed by atoms with Crippen molar-refractivity contribution in [3.05, 3.63) is 0 Å². The van der Waals surface area contributed by atoms with Crippen molar-refractivity contribution in [3.63, 3.8) is 0 Å². The first-order chi connectivity index (χ1) is 14.0. The molecule has 0 aliphatic carbocycles. The molecule has 4 nitrogen and oxygen atoms in total. The summed E-state index contributed by atoms with van der Waals surface area (Å²) in [7, 11) is -4.32. The van der Waals surface area contributed by atoms with Gasteiger partial charge in [-0.25, -0.2) is 4.18 Å². The van der Waals surface area contributed by atoms with Gasteiger partial charge in [0, 0.05) is 0 Å². The molecule has 0 aliphatic rings. The molecule has 0 aromatic rings. The molecule has 0 saturated heterocycles. The van der Waals surface area contributed by atoms with Gasteiger partial charge in [-0.2, -0.15) is 8.42 Å². The van der Waals surface area contributed by atoms with Gasteiger partial charge in [-0.15, -0.1) is 0 Å². The van der Waals surface area contributed by atoms with Crippen LogP contribution in [0.15, 0.2) is 0 Å². The van der Waals surface area contributed by atoms with Gasteiger partial charge >= 0.3 is 10.4 Å². The molecule has 1 N–H and O–H groups in total. The van der Waals surface area contributed by atoms with E-state index in [1.54, 1.807) is 0 Å². The second-order valence-electron chi connectivity index (χ2n) is 8.81. The zero-order chi connectivity index (χ0) is 21.6. The van der Waals surface area contributed by atoms with E-state index < -0.39 is 10.4 Å². The predicted octanol–water partition coefficient (Wildman–Crippen LogP) is 8.26. The van der Waals surface area contributed by atoms with Gasteiger partial charge < -0.3 is 0 Å². The molecular formula is C24H50O4S. The molecule has 0 spiro atoms. The van der Waals surface area contributed by atoms with Gasteiger partial charge in [0.15, 0.2) is 0 Å². The van der Waals surface area contributed by atoms with Crippen LogP contribution < -0.4 is 0 Å². The van der Waals surface area contributed by atoms with Crippen LogP contribution in [0, 0.1) is 5.92 Å². The highest BCUT2D eigenvalue weighted by molar-refractivity contribution is 7.80. The van der Waals surface area contributed by atoms with Gasteiger partial charge in [-0.3, -0.25) is 4.55 Å². The van der Waals surface area contributed by atoms with Crippen LogP contribution in [0.4, 0.5) is 0 Å². The Balaban J connectivity index is 3.77. The van der Waals surface area contributed by atoms with Gasteiger partial charge in [0.05, 0.1) is 6.61 Å². The standard InChI is InChI=1S/C24H50O4S/c1-3-5-7-9-11-12-13-14-16-18-20-22-24(23-28-29(25,26)27)21-19-17-15-10-8-6-4-2/h24H,3-23H2,1-2H3,(H,25,26,27). The lowest BCUT2D eigenvalue weighted by Gasteiger charge is -2.16. The second kappa shape index (κ2) is 21.1. The molecule has 0 radical (unpaired) electrons. The smallest absolute Gasteiger partial charge is 0.264 e. The molecule has 0 aromatic carbocycles. The molecule has 0 aromatic heterocycles. The van der Waals surface area contributed by atoms with Crippen LogP contribution in [0.5, 0.6) is 0 Å². The summed E-state index contributed by atoms with van der Waals surface area (Å²) in [4.78, 5) is 0. The maximum absolute atomic E-state index is 10.9. The van der Waals surface area contributed by atoms with Crippen LogP contribution in [-0.4, -0.2) is 19.6 Å². The molecule has 0 bridgehead atoms. The minimum absolute atomic E-state index is 0.131. The topological polar surface area (TPSA) is 63.6 Å². The lowest BCUT2D eigenvalue weighted by atomic mass is 9.94. The fourth-order valence-electron chi connectivity index (χ4n) is 3.98. The Morgan fingerprint density at radius 3 is 1.21 bits per heavy atom. The summed E-state index contributed by atoms with van der Waals surface area (Å²) in [6, 6.07) is 0. The molecule has 1 unspecified atom stereocenters. The Kier molecular flexibility index (Phi) is 21.0. The summed E-state index contributed by atoms with van der Waals surface area (Å²) in [6.07, 6.45) is 25.3. The third-order valence-corrected chi connectivity index (χ3v) is 6.32. The lowest BCUT2D eigenvalue weighted by Crippen LogP contribution is -2.14. The molecule has 1 atom stereocenters. The number of hydrogen-bond donors (Lipinski definition) is 1. The average Bonchev–Trinajstić information content (AvgIpc) is 2.68. The summed E-state index contributed by atoms with van der Waals surface area (Å²) in [6.45, 7) is 4.62. The van der Waals surface area contributed by atoms with E-state index in [2.05, 4.69) is 18.0 Å². The molecule has 0 fully saturated rings. The molecule has 0 rings (SSSR count). The van der Waals surface area contributed by atoms with Crippen LogP contribution in [0.25, 0.3) is 0 Å². The van der Waals surface area contributed by atoms with Gasteiger partial charge in [-0.05, 0) is 18.8 Å². The van der Waals surface area contributed by atoms with Crippen molar-refractivity contribution >= 4 is 10.4 Å². The van der Waals surface area contributed by atoms with Crippen molar-refractivity contribution in [1.29, 1.82) is 0 Å². The van der Waals surface area contributed by atoms with Crippen LogP contribution in [-0.2, 0) is 14.6 Å². The molecular weight excluding hydrogens is 384 g/mol. The summed E-state index contributed by atoms with van der Waals surface area (Å²) < 4.78 is 35.4.